The molecule has 3 nitrogen and oxygen atoms in total. The van der Waals surface area contributed by atoms with E-state index in [-0.39, 0.29) is 0 Å². The molecule has 0 bridgehead atoms. The summed E-state index contributed by atoms with van der Waals surface area (Å²) in [5, 5.41) is 3.37. The van der Waals surface area contributed by atoms with Gasteiger partial charge in [-0.2, -0.15) is 0 Å². The molecule has 1 saturated heterocycles. The number of aromatic nitrogens is 2. The molecule has 0 radical (unpaired) electrons. The molecule has 3 heteroatoms. The molecule has 2 fully saturated rings. The Kier molecular flexibility index (Phi) is 3.69. The van der Waals surface area contributed by atoms with E-state index in [0.717, 1.165) is 19.0 Å². The minimum atomic E-state index is 0.684. The SMILES string of the molecule is CCC(C1CCCCC1)n1cncc1C1CNC1. The molecule has 1 aliphatic heterocycles. The summed E-state index contributed by atoms with van der Waals surface area (Å²) in [6, 6.07) is 0.684. The van der Waals surface area contributed by atoms with E-state index in [1.807, 2.05) is 0 Å². The number of hydrogen-bond donors (Lipinski definition) is 1. The summed E-state index contributed by atoms with van der Waals surface area (Å²) < 4.78 is 2.50. The maximum atomic E-state index is 4.42. The van der Waals surface area contributed by atoms with E-state index in [0.29, 0.717) is 12.0 Å². The van der Waals surface area contributed by atoms with Crippen molar-refractivity contribution in [1.29, 1.82) is 0 Å². The Hall–Kier alpha value is -0.830. The minimum absolute atomic E-state index is 0.684. The van der Waals surface area contributed by atoms with Crippen molar-refractivity contribution in [3.05, 3.63) is 18.2 Å². The summed E-state index contributed by atoms with van der Waals surface area (Å²) in [6.07, 6.45) is 12.5. The average molecular weight is 247 g/mol. The highest BCUT2D eigenvalue weighted by molar-refractivity contribution is 5.13. The standard InChI is InChI=1S/C15H25N3/c1-2-14(12-6-4-3-5-7-12)18-11-17-10-15(18)13-8-16-9-13/h10-14,16H,2-9H2,1H3. The largest absolute Gasteiger partial charge is 0.331 e. The highest BCUT2D eigenvalue weighted by Crippen LogP contribution is 2.36. The number of nitrogens with zero attached hydrogens (tertiary/aromatic N) is 2. The molecule has 1 N–H and O–H groups in total. The van der Waals surface area contributed by atoms with Crippen LogP contribution < -0.4 is 5.32 Å². The van der Waals surface area contributed by atoms with E-state index in [9.17, 15) is 0 Å². The second kappa shape index (κ2) is 5.43. The Morgan fingerprint density at radius 1 is 1.33 bits per heavy atom. The second-order valence-electron chi connectivity index (χ2n) is 5.95. The van der Waals surface area contributed by atoms with Crippen LogP contribution in [0.5, 0.6) is 0 Å². The summed E-state index contributed by atoms with van der Waals surface area (Å²) in [5.41, 5.74) is 1.46. The van der Waals surface area contributed by atoms with Gasteiger partial charge in [-0.25, -0.2) is 4.98 Å². The summed E-state index contributed by atoms with van der Waals surface area (Å²) in [6.45, 7) is 4.60. The molecule has 0 amide bonds. The highest BCUT2D eigenvalue weighted by atomic mass is 15.1. The molecule has 1 atom stereocenters. The van der Waals surface area contributed by atoms with Crippen LogP contribution in [0.3, 0.4) is 0 Å². The molecule has 1 aromatic rings. The van der Waals surface area contributed by atoms with Gasteiger partial charge in [-0.3, -0.25) is 0 Å². The summed E-state index contributed by atoms with van der Waals surface area (Å²) >= 11 is 0. The van der Waals surface area contributed by atoms with Crippen molar-refractivity contribution in [2.45, 2.75) is 57.4 Å². The summed E-state index contributed by atoms with van der Waals surface area (Å²) in [4.78, 5) is 4.42. The van der Waals surface area contributed by atoms with Crippen LogP contribution in [-0.2, 0) is 0 Å². The lowest BCUT2D eigenvalue weighted by molar-refractivity contribution is 0.234. The van der Waals surface area contributed by atoms with Crippen molar-refractivity contribution in [2.24, 2.45) is 5.92 Å². The van der Waals surface area contributed by atoms with Crippen LogP contribution in [0.2, 0.25) is 0 Å². The maximum Gasteiger partial charge on any atom is 0.0950 e. The zero-order valence-corrected chi connectivity index (χ0v) is 11.4. The number of rotatable bonds is 4. The van der Waals surface area contributed by atoms with Crippen LogP contribution in [0.15, 0.2) is 12.5 Å². The van der Waals surface area contributed by atoms with Crippen LogP contribution in [0.1, 0.15) is 63.1 Å². The van der Waals surface area contributed by atoms with Crippen LogP contribution in [0.25, 0.3) is 0 Å². The van der Waals surface area contributed by atoms with E-state index in [1.54, 1.807) is 0 Å². The van der Waals surface area contributed by atoms with Crippen molar-refractivity contribution in [2.75, 3.05) is 13.1 Å². The molecule has 1 aliphatic carbocycles. The smallest absolute Gasteiger partial charge is 0.0950 e. The van der Waals surface area contributed by atoms with Gasteiger partial charge in [0.1, 0.15) is 0 Å². The Labute approximate surface area is 110 Å². The molecular weight excluding hydrogens is 222 g/mol. The molecule has 2 aliphatic rings. The monoisotopic (exact) mass is 247 g/mol. The number of imidazole rings is 1. The fourth-order valence-electron chi connectivity index (χ4n) is 3.68. The van der Waals surface area contributed by atoms with Crippen molar-refractivity contribution in [3.63, 3.8) is 0 Å². The van der Waals surface area contributed by atoms with Crippen molar-refractivity contribution >= 4 is 0 Å². The minimum Gasteiger partial charge on any atom is -0.331 e. The van der Waals surface area contributed by atoms with Gasteiger partial charge in [0.25, 0.3) is 0 Å². The molecule has 3 rings (SSSR count). The average Bonchev–Trinajstić information content (AvgIpc) is 2.79. The highest BCUT2D eigenvalue weighted by Gasteiger charge is 2.28. The van der Waals surface area contributed by atoms with Gasteiger partial charge < -0.3 is 9.88 Å². The van der Waals surface area contributed by atoms with E-state index >= 15 is 0 Å². The molecule has 0 spiro atoms. The van der Waals surface area contributed by atoms with Gasteiger partial charge in [0.2, 0.25) is 0 Å². The van der Waals surface area contributed by atoms with Crippen LogP contribution in [0.4, 0.5) is 0 Å². The van der Waals surface area contributed by atoms with Crippen LogP contribution >= 0.6 is 0 Å². The topological polar surface area (TPSA) is 29.9 Å². The van der Waals surface area contributed by atoms with Gasteiger partial charge >= 0.3 is 0 Å². The van der Waals surface area contributed by atoms with Crippen LogP contribution in [-0.4, -0.2) is 22.6 Å². The third-order valence-electron chi connectivity index (χ3n) is 4.87. The van der Waals surface area contributed by atoms with Gasteiger partial charge in [-0.1, -0.05) is 26.2 Å². The van der Waals surface area contributed by atoms with Crippen LogP contribution in [0, 0.1) is 5.92 Å². The second-order valence-corrected chi connectivity index (χ2v) is 5.95. The summed E-state index contributed by atoms with van der Waals surface area (Å²) in [7, 11) is 0. The van der Waals surface area contributed by atoms with E-state index in [2.05, 4.69) is 34.3 Å². The predicted octanol–water partition coefficient (Wildman–Crippen LogP) is 3.10. The zero-order chi connectivity index (χ0) is 12.4. The van der Waals surface area contributed by atoms with Gasteiger partial charge in [0.05, 0.1) is 6.33 Å². The lowest BCUT2D eigenvalue weighted by Gasteiger charge is -2.35. The summed E-state index contributed by atoms with van der Waals surface area (Å²) in [5.74, 6) is 1.58. The third kappa shape index (κ3) is 2.20. The van der Waals surface area contributed by atoms with Crippen molar-refractivity contribution < 1.29 is 0 Å². The first-order valence-corrected chi connectivity index (χ1v) is 7.62. The Morgan fingerprint density at radius 2 is 2.11 bits per heavy atom. The first-order chi connectivity index (χ1) is 8.90. The Balaban J connectivity index is 1.79. The third-order valence-corrected chi connectivity index (χ3v) is 4.87. The van der Waals surface area contributed by atoms with E-state index in [4.69, 9.17) is 0 Å². The van der Waals surface area contributed by atoms with Gasteiger partial charge in [-0.05, 0) is 25.2 Å². The lowest BCUT2D eigenvalue weighted by Crippen LogP contribution is -2.41. The normalized spacial score (nSPS) is 23.8. The molecule has 1 unspecified atom stereocenters. The van der Waals surface area contributed by atoms with E-state index in [1.165, 1.54) is 44.2 Å². The quantitative estimate of drug-likeness (QED) is 0.886. The Morgan fingerprint density at radius 3 is 2.72 bits per heavy atom. The predicted molar refractivity (Wildman–Crippen MR) is 73.7 cm³/mol. The van der Waals surface area contributed by atoms with Crippen molar-refractivity contribution in [1.82, 2.24) is 14.9 Å². The fourth-order valence-corrected chi connectivity index (χ4v) is 3.68. The van der Waals surface area contributed by atoms with E-state index < -0.39 is 0 Å². The molecule has 1 aromatic heterocycles. The first-order valence-electron chi connectivity index (χ1n) is 7.62. The lowest BCUT2D eigenvalue weighted by atomic mass is 9.82. The fraction of sp³-hybridized carbons (Fsp3) is 0.800. The van der Waals surface area contributed by atoms with Crippen molar-refractivity contribution in [3.8, 4) is 0 Å². The first kappa shape index (κ1) is 12.2. The maximum absolute atomic E-state index is 4.42. The molecular formula is C15H25N3. The van der Waals surface area contributed by atoms with Gasteiger partial charge in [-0.15, -0.1) is 0 Å². The molecule has 18 heavy (non-hydrogen) atoms. The molecule has 0 aromatic carbocycles. The number of nitrogens with one attached hydrogen (secondary N) is 1. The molecule has 2 heterocycles. The van der Waals surface area contributed by atoms with Gasteiger partial charge in [0, 0.05) is 36.9 Å². The number of hydrogen-bond acceptors (Lipinski definition) is 2. The van der Waals surface area contributed by atoms with Gasteiger partial charge in [0.15, 0.2) is 0 Å². The molecule has 100 valence electrons. The molecule has 1 saturated carbocycles. The Bertz CT molecular complexity index is 375. The zero-order valence-electron chi connectivity index (χ0n) is 11.4.